The molecule has 4 heteroatoms. The summed E-state index contributed by atoms with van der Waals surface area (Å²) < 4.78 is 23.4. The second kappa shape index (κ2) is 6.08. The Labute approximate surface area is 121 Å². The number of Topliss-reactive ketones (excluding diaryl/α,β-unsaturated/α-hetero) is 1. The second-order valence-electron chi connectivity index (χ2n) is 5.69. The van der Waals surface area contributed by atoms with Gasteiger partial charge in [-0.1, -0.05) is 37.6 Å². The van der Waals surface area contributed by atoms with Gasteiger partial charge < -0.3 is 0 Å². The molecule has 0 radical (unpaired) electrons. The van der Waals surface area contributed by atoms with E-state index >= 15 is 0 Å². The summed E-state index contributed by atoms with van der Waals surface area (Å²) in [7, 11) is -3.04. The first-order valence-electron chi connectivity index (χ1n) is 7.24. The number of carbonyl (C=O) groups is 1. The number of hydrogen-bond acceptors (Lipinski definition) is 3. The molecule has 1 aliphatic rings. The Hall–Kier alpha value is -1.16. The van der Waals surface area contributed by atoms with Gasteiger partial charge in [-0.3, -0.25) is 4.79 Å². The Morgan fingerprint density at radius 2 is 1.95 bits per heavy atom. The SMILES string of the molecule is CCc1ccccc1C(=O)C1CCCC(S(C)(=O)=O)C1. The molecule has 0 aliphatic heterocycles. The van der Waals surface area contributed by atoms with Crippen LogP contribution in [0.2, 0.25) is 0 Å². The molecule has 0 spiro atoms. The van der Waals surface area contributed by atoms with Crippen molar-refractivity contribution >= 4 is 15.6 Å². The summed E-state index contributed by atoms with van der Waals surface area (Å²) in [6, 6.07) is 7.66. The monoisotopic (exact) mass is 294 g/mol. The van der Waals surface area contributed by atoms with Crippen molar-refractivity contribution in [1.82, 2.24) is 0 Å². The first-order valence-corrected chi connectivity index (χ1v) is 9.20. The molecule has 2 unspecified atom stereocenters. The number of carbonyl (C=O) groups excluding carboxylic acids is 1. The van der Waals surface area contributed by atoms with Gasteiger partial charge in [0, 0.05) is 17.7 Å². The van der Waals surface area contributed by atoms with Crippen molar-refractivity contribution in [2.75, 3.05) is 6.26 Å². The molecule has 0 N–H and O–H groups in total. The summed E-state index contributed by atoms with van der Waals surface area (Å²) in [4.78, 5) is 12.7. The Kier molecular flexibility index (Phi) is 4.63. The van der Waals surface area contributed by atoms with Crippen LogP contribution < -0.4 is 0 Å². The predicted molar refractivity (Wildman–Crippen MR) is 80.7 cm³/mol. The molecule has 0 amide bonds. The molecule has 0 aromatic heterocycles. The van der Waals surface area contributed by atoms with Gasteiger partial charge in [-0.25, -0.2) is 8.42 Å². The Morgan fingerprint density at radius 1 is 1.25 bits per heavy atom. The van der Waals surface area contributed by atoms with Crippen molar-refractivity contribution in [3.63, 3.8) is 0 Å². The molecule has 2 rings (SSSR count). The van der Waals surface area contributed by atoms with Crippen LogP contribution in [-0.4, -0.2) is 25.7 Å². The molecule has 0 bridgehead atoms. The van der Waals surface area contributed by atoms with Crippen molar-refractivity contribution < 1.29 is 13.2 Å². The van der Waals surface area contributed by atoms with E-state index in [9.17, 15) is 13.2 Å². The molecule has 20 heavy (non-hydrogen) atoms. The van der Waals surface area contributed by atoms with E-state index in [4.69, 9.17) is 0 Å². The predicted octanol–water partition coefficient (Wildman–Crippen LogP) is 3.04. The first-order chi connectivity index (χ1) is 9.43. The molecule has 1 aliphatic carbocycles. The third-order valence-electron chi connectivity index (χ3n) is 4.27. The van der Waals surface area contributed by atoms with Gasteiger partial charge in [-0.15, -0.1) is 0 Å². The standard InChI is InChI=1S/C16H22O3S/c1-3-12-7-4-5-10-15(12)16(17)13-8-6-9-14(11-13)20(2,18)19/h4-5,7,10,13-14H,3,6,8-9,11H2,1-2H3. The minimum absolute atomic E-state index is 0.121. The molecule has 3 nitrogen and oxygen atoms in total. The lowest BCUT2D eigenvalue weighted by molar-refractivity contribution is 0.0890. The van der Waals surface area contributed by atoms with Crippen LogP contribution >= 0.6 is 0 Å². The van der Waals surface area contributed by atoms with Gasteiger partial charge in [-0.2, -0.15) is 0 Å². The van der Waals surface area contributed by atoms with E-state index in [0.29, 0.717) is 12.8 Å². The molecular weight excluding hydrogens is 272 g/mol. The lowest BCUT2D eigenvalue weighted by Crippen LogP contribution is -2.31. The van der Waals surface area contributed by atoms with Crippen LogP contribution in [0.3, 0.4) is 0 Å². The largest absolute Gasteiger partial charge is 0.294 e. The van der Waals surface area contributed by atoms with Crippen molar-refractivity contribution in [1.29, 1.82) is 0 Å². The van der Waals surface area contributed by atoms with E-state index < -0.39 is 9.84 Å². The quantitative estimate of drug-likeness (QED) is 0.802. The number of rotatable bonds is 4. The van der Waals surface area contributed by atoms with Crippen LogP contribution in [0.25, 0.3) is 0 Å². The van der Waals surface area contributed by atoms with Crippen molar-refractivity contribution in [3.05, 3.63) is 35.4 Å². The highest BCUT2D eigenvalue weighted by Crippen LogP contribution is 2.31. The van der Waals surface area contributed by atoms with Crippen LogP contribution in [0, 0.1) is 5.92 Å². The molecule has 110 valence electrons. The molecule has 1 aromatic carbocycles. The topological polar surface area (TPSA) is 51.2 Å². The number of sulfone groups is 1. The molecule has 1 saturated carbocycles. The van der Waals surface area contributed by atoms with Gasteiger partial charge in [0.1, 0.15) is 9.84 Å². The van der Waals surface area contributed by atoms with Crippen molar-refractivity contribution in [2.45, 2.75) is 44.3 Å². The Morgan fingerprint density at radius 3 is 2.60 bits per heavy atom. The fourth-order valence-electron chi connectivity index (χ4n) is 3.06. The minimum Gasteiger partial charge on any atom is -0.294 e. The van der Waals surface area contributed by atoms with Crippen molar-refractivity contribution in [3.8, 4) is 0 Å². The zero-order valence-corrected chi connectivity index (χ0v) is 12.9. The van der Waals surface area contributed by atoms with Gasteiger partial charge in [0.05, 0.1) is 5.25 Å². The summed E-state index contributed by atoms with van der Waals surface area (Å²) in [5, 5.41) is -0.348. The summed E-state index contributed by atoms with van der Waals surface area (Å²) in [5.74, 6) is -0.0213. The van der Waals surface area contributed by atoms with Crippen LogP contribution in [-0.2, 0) is 16.3 Å². The summed E-state index contributed by atoms with van der Waals surface area (Å²) in [6.07, 6.45) is 4.91. The van der Waals surface area contributed by atoms with Crippen LogP contribution in [0.1, 0.15) is 48.5 Å². The van der Waals surface area contributed by atoms with E-state index in [2.05, 4.69) is 0 Å². The van der Waals surface area contributed by atoms with Gasteiger partial charge in [0.2, 0.25) is 0 Å². The maximum Gasteiger partial charge on any atom is 0.166 e. The third kappa shape index (κ3) is 3.29. The van der Waals surface area contributed by atoms with Gasteiger partial charge in [0.25, 0.3) is 0 Å². The zero-order chi connectivity index (χ0) is 14.8. The molecular formula is C16H22O3S. The number of ketones is 1. The number of benzene rings is 1. The van der Waals surface area contributed by atoms with Gasteiger partial charge >= 0.3 is 0 Å². The fourth-order valence-corrected chi connectivity index (χ4v) is 4.24. The highest BCUT2D eigenvalue weighted by atomic mass is 32.2. The summed E-state index contributed by atoms with van der Waals surface area (Å²) in [5.41, 5.74) is 1.83. The number of aryl methyl sites for hydroxylation is 1. The van der Waals surface area contributed by atoms with Gasteiger partial charge in [0.15, 0.2) is 5.78 Å². The highest BCUT2D eigenvalue weighted by Gasteiger charge is 2.33. The van der Waals surface area contributed by atoms with Crippen LogP contribution in [0.4, 0.5) is 0 Å². The van der Waals surface area contributed by atoms with Crippen LogP contribution in [0.15, 0.2) is 24.3 Å². The third-order valence-corrected chi connectivity index (χ3v) is 5.91. The van der Waals surface area contributed by atoms with E-state index in [1.807, 2.05) is 31.2 Å². The average molecular weight is 294 g/mol. The lowest BCUT2D eigenvalue weighted by atomic mass is 9.82. The molecule has 2 atom stereocenters. The van der Waals surface area contributed by atoms with E-state index in [0.717, 1.165) is 30.4 Å². The van der Waals surface area contributed by atoms with E-state index in [-0.39, 0.29) is 17.0 Å². The molecule has 1 fully saturated rings. The summed E-state index contributed by atoms with van der Waals surface area (Å²) >= 11 is 0. The van der Waals surface area contributed by atoms with Crippen molar-refractivity contribution in [2.24, 2.45) is 5.92 Å². The Balaban J connectivity index is 2.21. The zero-order valence-electron chi connectivity index (χ0n) is 12.1. The highest BCUT2D eigenvalue weighted by molar-refractivity contribution is 7.91. The fraction of sp³-hybridized carbons (Fsp3) is 0.562. The maximum absolute atomic E-state index is 12.7. The summed E-state index contributed by atoms with van der Waals surface area (Å²) in [6.45, 7) is 2.03. The van der Waals surface area contributed by atoms with E-state index in [1.54, 1.807) is 0 Å². The maximum atomic E-state index is 12.7. The normalized spacial score (nSPS) is 23.5. The molecule has 0 heterocycles. The van der Waals surface area contributed by atoms with Gasteiger partial charge in [-0.05, 0) is 31.2 Å². The minimum atomic E-state index is -3.04. The Bertz CT molecular complexity index is 589. The molecule has 1 aromatic rings. The first kappa shape index (κ1) is 15.2. The molecule has 0 saturated heterocycles. The van der Waals surface area contributed by atoms with E-state index in [1.165, 1.54) is 6.26 Å². The smallest absolute Gasteiger partial charge is 0.166 e. The average Bonchev–Trinajstić information content (AvgIpc) is 2.45. The number of hydrogen-bond donors (Lipinski definition) is 0. The van der Waals surface area contributed by atoms with Crippen LogP contribution in [0.5, 0.6) is 0 Å². The lowest BCUT2D eigenvalue weighted by Gasteiger charge is -2.27. The second-order valence-corrected chi connectivity index (χ2v) is 8.02.